The molecule has 23 heavy (non-hydrogen) atoms. The maximum atomic E-state index is 12.5. The summed E-state index contributed by atoms with van der Waals surface area (Å²) in [6.07, 6.45) is 7.86. The van der Waals surface area contributed by atoms with Crippen molar-refractivity contribution in [2.75, 3.05) is 0 Å². The number of allylic oxidation sites excluding steroid dienone is 2. The van der Waals surface area contributed by atoms with Crippen molar-refractivity contribution in [2.45, 2.75) is 39.0 Å². The third-order valence-electron chi connectivity index (χ3n) is 3.62. The molecule has 0 amide bonds. The van der Waals surface area contributed by atoms with Gasteiger partial charge in [-0.15, -0.1) is 0 Å². The zero-order valence-corrected chi connectivity index (χ0v) is 15.4. The van der Waals surface area contributed by atoms with Crippen molar-refractivity contribution < 1.29 is 4.79 Å². The first-order valence-electron chi connectivity index (χ1n) is 8.32. The standard InChI is InChI=1S/C21H24OSe/c1-2-3-4-9-16-20(23-19-14-10-6-11-15-19)17-21(22)18-12-7-5-8-13-18/h5-8,10-15,17H,2-4,9,16H2,1H3/b20-17+. The van der Waals surface area contributed by atoms with E-state index in [1.54, 1.807) is 0 Å². The molecule has 0 heterocycles. The Balaban J connectivity index is 2.08. The Hall–Kier alpha value is -1.63. The average molecular weight is 371 g/mol. The second-order valence-corrected chi connectivity index (χ2v) is 8.08. The van der Waals surface area contributed by atoms with E-state index in [-0.39, 0.29) is 20.7 Å². The molecular weight excluding hydrogens is 347 g/mol. The van der Waals surface area contributed by atoms with E-state index in [1.165, 1.54) is 34.6 Å². The Morgan fingerprint density at radius 3 is 2.22 bits per heavy atom. The first kappa shape index (κ1) is 17.7. The van der Waals surface area contributed by atoms with E-state index < -0.39 is 0 Å². The number of hydrogen-bond donors (Lipinski definition) is 0. The zero-order valence-electron chi connectivity index (χ0n) is 13.7. The molecule has 0 atom stereocenters. The monoisotopic (exact) mass is 372 g/mol. The number of rotatable bonds is 9. The molecule has 2 aromatic carbocycles. The molecule has 0 saturated carbocycles. The summed E-state index contributed by atoms with van der Waals surface area (Å²) in [5, 5.41) is 0. The van der Waals surface area contributed by atoms with E-state index in [1.807, 2.05) is 42.5 Å². The van der Waals surface area contributed by atoms with E-state index in [0.717, 1.165) is 12.0 Å². The second-order valence-electron chi connectivity index (χ2n) is 5.57. The zero-order chi connectivity index (χ0) is 16.3. The van der Waals surface area contributed by atoms with Gasteiger partial charge >= 0.3 is 146 Å². The van der Waals surface area contributed by atoms with Crippen LogP contribution in [0, 0.1) is 0 Å². The summed E-state index contributed by atoms with van der Waals surface area (Å²) in [6, 6.07) is 20.1. The van der Waals surface area contributed by atoms with Crippen LogP contribution >= 0.6 is 0 Å². The van der Waals surface area contributed by atoms with Crippen LogP contribution in [0.25, 0.3) is 0 Å². The van der Waals surface area contributed by atoms with Crippen molar-refractivity contribution in [3.63, 3.8) is 0 Å². The molecule has 0 aliphatic rings. The van der Waals surface area contributed by atoms with E-state index in [9.17, 15) is 4.79 Å². The van der Waals surface area contributed by atoms with Gasteiger partial charge in [0.1, 0.15) is 0 Å². The summed E-state index contributed by atoms with van der Waals surface area (Å²) in [7, 11) is 0. The number of carbonyl (C=O) groups excluding carboxylic acids is 1. The van der Waals surface area contributed by atoms with E-state index in [4.69, 9.17) is 0 Å². The quantitative estimate of drug-likeness (QED) is 0.269. The topological polar surface area (TPSA) is 17.1 Å². The maximum absolute atomic E-state index is 12.5. The van der Waals surface area contributed by atoms with Gasteiger partial charge < -0.3 is 0 Å². The van der Waals surface area contributed by atoms with Crippen LogP contribution in [0.15, 0.2) is 71.2 Å². The number of unbranched alkanes of at least 4 members (excludes halogenated alkanes) is 3. The fraction of sp³-hybridized carbons (Fsp3) is 0.286. The van der Waals surface area contributed by atoms with Crippen molar-refractivity contribution in [2.24, 2.45) is 0 Å². The van der Waals surface area contributed by atoms with Crippen LogP contribution in [0.5, 0.6) is 0 Å². The summed E-state index contributed by atoms with van der Waals surface area (Å²) in [4.78, 5) is 12.5. The first-order valence-corrected chi connectivity index (χ1v) is 10.0. The van der Waals surface area contributed by atoms with Crippen LogP contribution in [-0.4, -0.2) is 20.7 Å². The summed E-state index contributed by atoms with van der Waals surface area (Å²) < 4.78 is 2.64. The molecule has 0 N–H and O–H groups in total. The fourth-order valence-electron chi connectivity index (χ4n) is 2.35. The molecule has 0 unspecified atom stereocenters. The number of hydrogen-bond acceptors (Lipinski definition) is 1. The normalized spacial score (nSPS) is 11.4. The Morgan fingerprint density at radius 1 is 0.913 bits per heavy atom. The van der Waals surface area contributed by atoms with Crippen molar-refractivity contribution >= 4 is 25.2 Å². The van der Waals surface area contributed by atoms with Crippen molar-refractivity contribution in [3.05, 3.63) is 76.8 Å². The summed E-state index contributed by atoms with van der Waals surface area (Å²) >= 11 is 0.234. The Kier molecular flexibility index (Phi) is 7.86. The molecule has 0 aliphatic carbocycles. The molecule has 0 fully saturated rings. The van der Waals surface area contributed by atoms with Crippen LogP contribution in [0.4, 0.5) is 0 Å². The Morgan fingerprint density at radius 2 is 1.57 bits per heavy atom. The molecule has 2 rings (SSSR count). The minimum atomic E-state index is 0.133. The molecule has 0 radical (unpaired) electrons. The van der Waals surface area contributed by atoms with Gasteiger partial charge in [-0.25, -0.2) is 0 Å². The van der Waals surface area contributed by atoms with Gasteiger partial charge in [0.15, 0.2) is 0 Å². The van der Waals surface area contributed by atoms with Crippen molar-refractivity contribution in [3.8, 4) is 0 Å². The van der Waals surface area contributed by atoms with Crippen LogP contribution in [-0.2, 0) is 0 Å². The van der Waals surface area contributed by atoms with Gasteiger partial charge in [-0.3, -0.25) is 0 Å². The van der Waals surface area contributed by atoms with Crippen LogP contribution in [0.2, 0.25) is 0 Å². The van der Waals surface area contributed by atoms with Gasteiger partial charge in [0.05, 0.1) is 0 Å². The molecule has 1 nitrogen and oxygen atoms in total. The molecule has 0 aromatic heterocycles. The predicted molar refractivity (Wildman–Crippen MR) is 99.4 cm³/mol. The van der Waals surface area contributed by atoms with Crippen LogP contribution in [0.1, 0.15) is 49.4 Å². The van der Waals surface area contributed by atoms with Gasteiger partial charge in [-0.05, 0) is 0 Å². The molecule has 0 spiro atoms. The Labute approximate surface area is 146 Å². The Bertz CT molecular complexity index is 617. The summed E-state index contributed by atoms with van der Waals surface area (Å²) in [5.41, 5.74) is 0.780. The van der Waals surface area contributed by atoms with Gasteiger partial charge in [0, 0.05) is 0 Å². The minimum absolute atomic E-state index is 0.133. The van der Waals surface area contributed by atoms with Gasteiger partial charge in [0.2, 0.25) is 0 Å². The van der Waals surface area contributed by atoms with Crippen LogP contribution in [0.3, 0.4) is 0 Å². The number of carbonyl (C=O) groups is 1. The first-order chi connectivity index (χ1) is 11.3. The van der Waals surface area contributed by atoms with E-state index >= 15 is 0 Å². The summed E-state index contributed by atoms with van der Waals surface area (Å²) in [5.74, 6) is 0.133. The number of benzene rings is 2. The molecule has 0 aliphatic heterocycles. The average Bonchev–Trinajstić information content (AvgIpc) is 2.60. The molecule has 2 heteroatoms. The van der Waals surface area contributed by atoms with Crippen LogP contribution < -0.4 is 4.46 Å². The molecular formula is C21H24OSe. The summed E-state index contributed by atoms with van der Waals surface area (Å²) in [6.45, 7) is 2.23. The third-order valence-corrected chi connectivity index (χ3v) is 5.91. The van der Waals surface area contributed by atoms with Gasteiger partial charge in [-0.1, -0.05) is 0 Å². The molecule has 2 aromatic rings. The van der Waals surface area contributed by atoms with E-state index in [0.29, 0.717) is 0 Å². The molecule has 120 valence electrons. The van der Waals surface area contributed by atoms with E-state index in [2.05, 4.69) is 31.2 Å². The van der Waals surface area contributed by atoms with Crippen molar-refractivity contribution in [1.29, 1.82) is 0 Å². The van der Waals surface area contributed by atoms with Crippen molar-refractivity contribution in [1.82, 2.24) is 0 Å². The predicted octanol–water partition coefficient (Wildman–Crippen LogP) is 4.75. The number of ketones is 1. The van der Waals surface area contributed by atoms with Gasteiger partial charge in [-0.2, -0.15) is 0 Å². The third kappa shape index (κ3) is 6.56. The second kappa shape index (κ2) is 10.2. The molecule has 0 bridgehead atoms. The van der Waals surface area contributed by atoms with Gasteiger partial charge in [0.25, 0.3) is 0 Å². The fourth-order valence-corrected chi connectivity index (χ4v) is 4.47. The SMILES string of the molecule is CCCCCC/C(=C\C(=O)c1ccccc1)[Se]c1ccccc1. The molecule has 0 saturated heterocycles.